The van der Waals surface area contributed by atoms with Gasteiger partial charge in [-0.3, -0.25) is 4.99 Å². The van der Waals surface area contributed by atoms with Crippen LogP contribution in [0.1, 0.15) is 45.2 Å². The Balaban J connectivity index is 0.000000970. The summed E-state index contributed by atoms with van der Waals surface area (Å²) in [5.74, 6) is 0.351. The van der Waals surface area contributed by atoms with Gasteiger partial charge in [0.25, 0.3) is 0 Å². The Labute approximate surface area is 170 Å². The molecule has 0 aliphatic heterocycles. The van der Waals surface area contributed by atoms with Crippen molar-refractivity contribution in [3.63, 3.8) is 0 Å². The molecule has 0 fully saturated rings. The SMILES string of the molecule is CCN=Cc1cc(-c2ccccc2)cc(C(C)(C)CC)c1O.[Cl][Zr][Cl]. The Bertz CT molecular complexity index is 688. The molecule has 1 N–H and O–H groups in total. The molecule has 0 amide bonds. The molecule has 0 unspecified atom stereocenters. The predicted octanol–water partition coefficient (Wildman–Crippen LogP) is 6.56. The van der Waals surface area contributed by atoms with Crippen LogP contribution < -0.4 is 0 Å². The number of benzene rings is 2. The van der Waals surface area contributed by atoms with Gasteiger partial charge < -0.3 is 5.11 Å². The maximum atomic E-state index is 10.7. The molecule has 0 spiro atoms. The van der Waals surface area contributed by atoms with Crippen molar-refractivity contribution in [1.29, 1.82) is 0 Å². The summed E-state index contributed by atoms with van der Waals surface area (Å²) in [6.45, 7) is 9.18. The molecule has 2 aromatic rings. The molecule has 2 nitrogen and oxygen atoms in total. The average Bonchev–Trinajstić information content (AvgIpc) is 2.62. The zero-order valence-corrected chi connectivity index (χ0v) is 19.2. The molecule has 0 aliphatic rings. The van der Waals surface area contributed by atoms with Gasteiger partial charge >= 0.3 is 37.9 Å². The Morgan fingerprint density at radius 2 is 1.68 bits per heavy atom. The molecule has 0 bridgehead atoms. The first-order valence-corrected chi connectivity index (χ1v) is 14.6. The second kappa shape index (κ2) is 11.2. The second-order valence-corrected chi connectivity index (χ2v) is 10.00. The third-order valence-corrected chi connectivity index (χ3v) is 4.27. The number of aromatic hydroxyl groups is 1. The van der Waals surface area contributed by atoms with Crippen LogP contribution in [0.5, 0.6) is 5.75 Å². The van der Waals surface area contributed by atoms with E-state index in [1.54, 1.807) is 6.21 Å². The van der Waals surface area contributed by atoms with E-state index in [4.69, 9.17) is 17.0 Å². The molecule has 5 heteroatoms. The van der Waals surface area contributed by atoms with Gasteiger partial charge in [0.15, 0.2) is 0 Å². The number of rotatable bonds is 5. The molecule has 0 heterocycles. The molecule has 0 radical (unpaired) electrons. The van der Waals surface area contributed by atoms with Gasteiger partial charge in [0.2, 0.25) is 0 Å². The van der Waals surface area contributed by atoms with Crippen molar-refractivity contribution in [2.75, 3.05) is 6.54 Å². The van der Waals surface area contributed by atoms with Gasteiger partial charge in [-0.1, -0.05) is 51.1 Å². The first-order chi connectivity index (χ1) is 11.9. The van der Waals surface area contributed by atoms with Crippen LogP contribution in [0.3, 0.4) is 0 Å². The fourth-order valence-electron chi connectivity index (χ4n) is 2.45. The Hall–Kier alpha value is -0.627. The van der Waals surface area contributed by atoms with E-state index in [0.29, 0.717) is 12.3 Å². The number of phenolic OH excluding ortho intramolecular Hbond substituents is 1. The van der Waals surface area contributed by atoms with Gasteiger partial charge in [-0.15, -0.1) is 0 Å². The topological polar surface area (TPSA) is 32.6 Å². The zero-order valence-electron chi connectivity index (χ0n) is 15.2. The Kier molecular flexibility index (Phi) is 10.0. The van der Waals surface area contributed by atoms with E-state index in [1.807, 2.05) is 31.2 Å². The molecular formula is C20H25Cl2NOZr. The first kappa shape index (κ1) is 22.4. The van der Waals surface area contributed by atoms with Gasteiger partial charge in [-0.05, 0) is 42.0 Å². The Morgan fingerprint density at radius 1 is 1.08 bits per heavy atom. The van der Waals surface area contributed by atoms with Gasteiger partial charge in [-0.25, -0.2) is 0 Å². The fraction of sp³-hybridized carbons (Fsp3) is 0.350. The van der Waals surface area contributed by atoms with E-state index < -0.39 is 20.8 Å². The van der Waals surface area contributed by atoms with E-state index in [-0.39, 0.29) is 5.41 Å². The van der Waals surface area contributed by atoms with Crippen LogP contribution in [0.2, 0.25) is 0 Å². The summed E-state index contributed by atoms with van der Waals surface area (Å²) in [4.78, 5) is 4.30. The number of halogens is 2. The first-order valence-electron chi connectivity index (χ1n) is 8.30. The van der Waals surface area contributed by atoms with E-state index in [9.17, 15) is 5.11 Å². The molecule has 0 atom stereocenters. The van der Waals surface area contributed by atoms with Gasteiger partial charge in [-0.2, -0.15) is 0 Å². The van der Waals surface area contributed by atoms with Crippen molar-refractivity contribution in [1.82, 2.24) is 0 Å². The quantitative estimate of drug-likeness (QED) is 0.507. The second-order valence-electron chi connectivity index (χ2n) is 6.26. The molecule has 0 saturated carbocycles. The zero-order chi connectivity index (χ0) is 18.9. The van der Waals surface area contributed by atoms with E-state index in [1.165, 1.54) is 0 Å². The molecule has 0 saturated heterocycles. The molecule has 2 aromatic carbocycles. The summed E-state index contributed by atoms with van der Waals surface area (Å²) in [5.41, 5.74) is 3.96. The third kappa shape index (κ3) is 6.55. The van der Waals surface area contributed by atoms with Crippen LogP contribution >= 0.6 is 17.0 Å². The van der Waals surface area contributed by atoms with Gasteiger partial charge in [0.05, 0.1) is 0 Å². The molecule has 25 heavy (non-hydrogen) atoms. The summed E-state index contributed by atoms with van der Waals surface area (Å²) in [6.07, 6.45) is 2.74. The monoisotopic (exact) mass is 455 g/mol. The minimum atomic E-state index is -0.826. The van der Waals surface area contributed by atoms with Crippen LogP contribution in [0.25, 0.3) is 11.1 Å². The summed E-state index contributed by atoms with van der Waals surface area (Å²) in [7, 11) is 9.87. The number of hydrogen-bond acceptors (Lipinski definition) is 2. The van der Waals surface area contributed by atoms with Gasteiger partial charge in [0.1, 0.15) is 5.75 Å². The number of phenols is 1. The average molecular weight is 458 g/mol. The van der Waals surface area contributed by atoms with E-state index in [2.05, 4.69) is 44.0 Å². The van der Waals surface area contributed by atoms with E-state index in [0.717, 1.165) is 28.7 Å². The van der Waals surface area contributed by atoms with Crippen molar-refractivity contribution in [3.05, 3.63) is 53.6 Å². The molecule has 0 aromatic heterocycles. The number of aliphatic imine (C=N–C) groups is 1. The summed E-state index contributed by atoms with van der Waals surface area (Å²) < 4.78 is 0. The standard InChI is InChI=1S/C20H25NO.2ClH.Zr/c1-5-20(3,4)18-13-16(15-10-8-7-9-11-15)12-17(19(18)22)14-21-6-2;;;/h7-14,22H,5-6H2,1-4H3;2*1H;/q;;;+2/p-2. The fourth-order valence-corrected chi connectivity index (χ4v) is 2.45. The van der Waals surface area contributed by atoms with Crippen molar-refractivity contribution >= 4 is 23.2 Å². The molecular weight excluding hydrogens is 432 g/mol. The predicted molar refractivity (Wildman–Crippen MR) is 107 cm³/mol. The van der Waals surface area contributed by atoms with Crippen molar-refractivity contribution in [2.45, 2.75) is 39.5 Å². The minimum absolute atomic E-state index is 0.0797. The van der Waals surface area contributed by atoms with Crippen LogP contribution in [0.15, 0.2) is 47.5 Å². The summed E-state index contributed by atoms with van der Waals surface area (Å²) >= 11 is -0.826. The molecule has 134 valence electrons. The van der Waals surface area contributed by atoms with Crippen LogP contribution in [0, 0.1) is 0 Å². The van der Waals surface area contributed by atoms with Crippen molar-refractivity contribution in [3.8, 4) is 16.9 Å². The molecule has 2 rings (SSSR count). The van der Waals surface area contributed by atoms with Crippen LogP contribution in [-0.4, -0.2) is 17.9 Å². The van der Waals surface area contributed by atoms with E-state index >= 15 is 0 Å². The third-order valence-electron chi connectivity index (χ3n) is 4.27. The summed E-state index contributed by atoms with van der Waals surface area (Å²) in [5, 5.41) is 10.7. The summed E-state index contributed by atoms with van der Waals surface area (Å²) in [6, 6.07) is 14.4. The van der Waals surface area contributed by atoms with Gasteiger partial charge in [0, 0.05) is 23.9 Å². The number of nitrogens with zero attached hydrogens (tertiary/aromatic N) is 1. The van der Waals surface area contributed by atoms with Crippen LogP contribution in [0.4, 0.5) is 0 Å². The number of hydrogen-bond donors (Lipinski definition) is 1. The van der Waals surface area contributed by atoms with Crippen molar-refractivity contribution in [2.24, 2.45) is 4.99 Å². The molecule has 0 aliphatic carbocycles. The Morgan fingerprint density at radius 3 is 2.20 bits per heavy atom. The normalized spacial score (nSPS) is 11.1. The maximum absolute atomic E-state index is 10.7. The van der Waals surface area contributed by atoms with Crippen LogP contribution in [-0.2, 0) is 26.3 Å². The van der Waals surface area contributed by atoms with Crippen molar-refractivity contribution < 1.29 is 26.0 Å².